The number of rotatable bonds is 36. The van der Waals surface area contributed by atoms with Crippen LogP contribution < -0.4 is 44.4 Å². The molecule has 24 nitrogen and oxygen atoms in total. The Labute approximate surface area is 772 Å². The van der Waals surface area contributed by atoms with E-state index in [4.69, 9.17) is 42.6 Å². The summed E-state index contributed by atoms with van der Waals surface area (Å²) in [5.41, 5.74) is 18.6. The van der Waals surface area contributed by atoms with Gasteiger partial charge in [0.05, 0.1) is 37.4 Å². The van der Waals surface area contributed by atoms with E-state index in [1.807, 2.05) is 133 Å². The summed E-state index contributed by atoms with van der Waals surface area (Å²) < 4.78 is 78.5. The number of fused-ring (bicyclic) bond motifs is 3. The number of nitrogens with zero attached hydrogens (tertiary/aromatic N) is 3. The summed E-state index contributed by atoms with van der Waals surface area (Å²) in [7, 11) is 5.05. The number of likely N-dealkylation sites (tertiary alicyclic amines) is 3. The number of anilines is 3. The molecule has 15 rings (SSSR count). The molecule has 6 aliphatic rings. The molecule has 6 N–H and O–H groups in total. The van der Waals surface area contributed by atoms with Gasteiger partial charge in [-0.2, -0.15) is 0 Å². The third-order valence-corrected chi connectivity index (χ3v) is 26.2. The number of methoxy groups -OCH3 is 3. The maximum absolute atomic E-state index is 15.0. The average molecular weight is 1810 g/mol. The lowest BCUT2D eigenvalue weighted by Gasteiger charge is -2.27. The highest BCUT2D eigenvalue weighted by Gasteiger charge is 2.52. The Morgan fingerprint density at radius 2 is 0.659 bits per heavy atom. The summed E-state index contributed by atoms with van der Waals surface area (Å²) in [6, 6.07) is 48.1. The Morgan fingerprint density at radius 3 is 0.970 bits per heavy atom. The van der Waals surface area contributed by atoms with Crippen molar-refractivity contribution in [1.82, 2.24) is 14.7 Å². The van der Waals surface area contributed by atoms with E-state index in [2.05, 4.69) is 87.0 Å². The van der Waals surface area contributed by atoms with Gasteiger partial charge < -0.3 is 73.9 Å². The zero-order valence-corrected chi connectivity index (χ0v) is 77.7. The molecule has 3 fully saturated rings. The molecule has 6 heterocycles. The van der Waals surface area contributed by atoms with Crippen molar-refractivity contribution in [3.05, 3.63) is 264 Å². The highest BCUT2D eigenvalue weighted by molar-refractivity contribution is 5.96. The molecule has 702 valence electrons. The summed E-state index contributed by atoms with van der Waals surface area (Å²) in [5.74, 6) is -5.40. The second-order valence-electron chi connectivity index (χ2n) is 34.9. The summed E-state index contributed by atoms with van der Waals surface area (Å²) in [6.07, 6.45) is 9.52. The molecule has 9 aromatic carbocycles. The smallest absolute Gasteiger partial charge is 0.309 e. The molecule has 0 bridgehead atoms. The van der Waals surface area contributed by atoms with E-state index in [1.165, 1.54) is 29.3 Å². The van der Waals surface area contributed by atoms with Crippen LogP contribution in [0.25, 0.3) is 0 Å². The van der Waals surface area contributed by atoms with Gasteiger partial charge in [0.1, 0.15) is 32.2 Å². The summed E-state index contributed by atoms with van der Waals surface area (Å²) >= 11 is 0. The first-order chi connectivity index (χ1) is 63.9. The van der Waals surface area contributed by atoms with Crippen molar-refractivity contribution in [3.63, 3.8) is 0 Å². The number of halogens is 2. The number of carbonyl (C=O) groups is 6. The molecule has 6 aliphatic heterocycles. The van der Waals surface area contributed by atoms with Crippen LogP contribution in [0.15, 0.2) is 158 Å². The fourth-order valence-corrected chi connectivity index (χ4v) is 19.9. The lowest BCUT2D eigenvalue weighted by molar-refractivity contribution is -0.144. The Hall–Kier alpha value is -11.8. The Balaban J connectivity index is 0.000000168. The number of aliphatic carboxylic acids is 3. The van der Waals surface area contributed by atoms with Crippen molar-refractivity contribution in [3.8, 4) is 34.5 Å². The van der Waals surface area contributed by atoms with Gasteiger partial charge in [-0.15, -0.1) is 0 Å². The van der Waals surface area contributed by atoms with Crippen molar-refractivity contribution >= 4 is 52.7 Å². The van der Waals surface area contributed by atoms with Gasteiger partial charge in [0, 0.05) is 114 Å². The summed E-state index contributed by atoms with van der Waals surface area (Å²) in [6.45, 7) is 21.1. The van der Waals surface area contributed by atoms with Crippen LogP contribution in [-0.4, -0.2) is 179 Å². The van der Waals surface area contributed by atoms with Gasteiger partial charge in [0.2, 0.25) is 30.3 Å². The molecule has 0 aliphatic carbocycles. The van der Waals surface area contributed by atoms with Crippen molar-refractivity contribution in [2.45, 2.75) is 168 Å². The molecule has 0 spiro atoms. The Bertz CT molecular complexity index is 5220. The fraction of sp³-hybridized carbons (Fsp3) is 0.434. The van der Waals surface area contributed by atoms with Crippen molar-refractivity contribution in [1.29, 1.82) is 0 Å². The monoisotopic (exact) mass is 1810 g/mol. The van der Waals surface area contributed by atoms with Crippen LogP contribution in [0.4, 0.5) is 25.8 Å². The van der Waals surface area contributed by atoms with Gasteiger partial charge in [0.15, 0.2) is 34.6 Å². The Morgan fingerprint density at radius 1 is 0.364 bits per heavy atom. The molecule has 9 aromatic rings. The highest BCUT2D eigenvalue weighted by atomic mass is 19.1. The van der Waals surface area contributed by atoms with Gasteiger partial charge in [-0.25, -0.2) is 8.78 Å². The topological polar surface area (TPSA) is 292 Å². The first-order valence-corrected chi connectivity index (χ1v) is 46.4. The van der Waals surface area contributed by atoms with Gasteiger partial charge >= 0.3 is 17.9 Å². The maximum Gasteiger partial charge on any atom is 0.309 e. The van der Waals surface area contributed by atoms with Crippen LogP contribution in [-0.2, 0) is 101 Å². The minimum Gasteiger partial charge on any atom is -0.486 e. The lowest BCUT2D eigenvalue weighted by atomic mass is 9.82. The number of ether oxygens (including phenoxy) is 9. The number of aryl methyl sites for hydroxylation is 11. The van der Waals surface area contributed by atoms with Gasteiger partial charge in [0.25, 0.3) is 0 Å². The number of carbonyl (C=O) groups excluding carboxylic acids is 3. The van der Waals surface area contributed by atoms with Gasteiger partial charge in [-0.1, -0.05) is 162 Å². The molecule has 26 heteroatoms. The van der Waals surface area contributed by atoms with Crippen LogP contribution in [0.5, 0.6) is 34.5 Å². The van der Waals surface area contributed by atoms with E-state index in [9.17, 15) is 48.5 Å². The van der Waals surface area contributed by atoms with Crippen LogP contribution >= 0.6 is 0 Å². The predicted octanol–water partition coefficient (Wildman–Crippen LogP) is 17.8. The van der Waals surface area contributed by atoms with E-state index in [0.29, 0.717) is 106 Å². The zero-order valence-electron chi connectivity index (χ0n) is 77.7. The Kier molecular flexibility index (Phi) is 34.1. The molecule has 3 unspecified atom stereocenters. The van der Waals surface area contributed by atoms with Crippen LogP contribution in [0, 0.1) is 43.2 Å². The van der Waals surface area contributed by atoms with Crippen molar-refractivity contribution in [2.24, 2.45) is 17.8 Å². The molecular weight excluding hydrogens is 1680 g/mol. The molecular formula is C106H126F2N6O18. The van der Waals surface area contributed by atoms with Crippen LogP contribution in [0.1, 0.15) is 191 Å². The first-order valence-electron chi connectivity index (χ1n) is 46.4. The second kappa shape index (κ2) is 46.0. The first kappa shape index (κ1) is 97.7. The standard InChI is InChI=1S/C36H44N2O6.2C35H41FN2O6/c1-5-25-18-23(3)19-26(6-2)34(25)37-32(39)22-38-21-29(28-13-14-30-31(20-28)44-17-16-43-30)33(36(40)41)35(38)27-11-9-24(10-12-27)8-7-15-42-4;1-5-23-14-21(3)15-24(6-2)32(23)37-30(39)19-38-18-27(26-16-28(36)34-29(17-26)43-20-44-34)31(35(40)41)33(38)25-11-9-22(10-12-25)8-7-13-42-4;1-4-23-17-27(36)18-24(5-2)33(23)37-31(39)21-38-20-28(26-12-13-29-30(19-26)44-16-15-43-29)32(35(40)41)34(38)25-10-8-22(9-11-25)7-6-14-42-3/h9-14,18-20,29,33,35H,5-8,15-17,21-22H2,1-4H3,(H,37,39)(H,40,41);9-12,14-17,27,31,33H,5-8,13,18-20H2,1-4H3,(H,37,39)(H,40,41);8-13,17-19,28,32,34H,4-7,14-16,20-21H2,1-3H3,(H,37,39)(H,40,41)/t29-,33?,35+;27-,31?,33+;28-,32?,34+/m111/s1. The lowest BCUT2D eigenvalue weighted by Crippen LogP contribution is -2.35. The number of nitrogens with one attached hydrogen (secondary N) is 3. The van der Waals surface area contributed by atoms with E-state index in [0.717, 1.165) is 153 Å². The molecule has 132 heavy (non-hydrogen) atoms. The third kappa shape index (κ3) is 23.4. The minimum atomic E-state index is -1.01. The number of benzene rings is 9. The molecule has 3 amide bonds. The van der Waals surface area contributed by atoms with Crippen LogP contribution in [0.3, 0.4) is 0 Å². The molecule has 9 atom stereocenters. The molecule has 0 saturated carbocycles. The number of amides is 3. The quantitative estimate of drug-likeness (QED) is 0.0199. The normalized spacial score (nSPS) is 19.5. The fourth-order valence-electron chi connectivity index (χ4n) is 19.9. The number of carboxylic acid groups (broad SMARTS) is 3. The second-order valence-corrected chi connectivity index (χ2v) is 34.9. The van der Waals surface area contributed by atoms with E-state index >= 15 is 4.39 Å². The summed E-state index contributed by atoms with van der Waals surface area (Å²) in [5, 5.41) is 41.3. The van der Waals surface area contributed by atoms with Gasteiger partial charge in [-0.05, 0) is 223 Å². The third-order valence-electron chi connectivity index (χ3n) is 26.2. The molecule has 0 radical (unpaired) electrons. The SMILES string of the molecule is CCc1cc(C)cc(CC)c1NC(=O)CN1C[C@H](c2cc(F)c3c(c2)OCO3)C(C(=O)O)[C@@H]1c1ccc(CCCOC)cc1.CCc1cc(C)cc(CC)c1NC(=O)CN1C[C@H](c2ccc3c(c2)OCCO3)C(C(=O)O)[C@@H]1c1ccc(CCCOC)cc1.CCc1cc(F)cc(CC)c1NC(=O)CN1C[C@H](c2ccc3c(c2)OCCO3)C(C(=O)O)[C@@H]1c1ccc(CCCOC)cc1. The largest absolute Gasteiger partial charge is 0.486 e. The zero-order chi connectivity index (χ0) is 93.8. The highest BCUT2D eigenvalue weighted by Crippen LogP contribution is 2.52. The maximum atomic E-state index is 15.0. The van der Waals surface area contributed by atoms with E-state index < -0.39 is 71.4 Å². The molecule has 0 aromatic heterocycles. The number of hydrogen-bond acceptors (Lipinski definition) is 18. The van der Waals surface area contributed by atoms with Crippen molar-refractivity contribution < 1.29 is 95.5 Å². The van der Waals surface area contributed by atoms with E-state index in [1.54, 1.807) is 27.4 Å². The predicted molar refractivity (Wildman–Crippen MR) is 503 cm³/mol. The number of carboxylic acids is 3. The molecule has 3 saturated heterocycles. The van der Waals surface area contributed by atoms with Gasteiger partial charge in [-0.3, -0.25) is 43.5 Å². The minimum absolute atomic E-state index is 0.0191. The number of hydrogen-bond donors (Lipinski definition) is 6. The van der Waals surface area contributed by atoms with Crippen LogP contribution in [0.2, 0.25) is 0 Å². The van der Waals surface area contributed by atoms with E-state index in [-0.39, 0.29) is 73.9 Å². The van der Waals surface area contributed by atoms with Crippen molar-refractivity contribution in [2.75, 3.05) is 130 Å². The summed E-state index contributed by atoms with van der Waals surface area (Å²) in [4.78, 5) is 85.9. The average Bonchev–Trinajstić information content (AvgIpc) is 1.62.